The van der Waals surface area contributed by atoms with E-state index in [1.165, 1.54) is 24.4 Å². The maximum Gasteiger partial charge on any atom is 0.135 e. The van der Waals surface area contributed by atoms with Crippen LogP contribution in [0.5, 0.6) is 0 Å². The van der Waals surface area contributed by atoms with Crippen molar-refractivity contribution in [2.45, 2.75) is 19.9 Å². The van der Waals surface area contributed by atoms with Crippen LogP contribution in [0.1, 0.15) is 19.2 Å². The molecule has 0 aliphatic heterocycles. The van der Waals surface area contributed by atoms with Gasteiger partial charge >= 0.3 is 0 Å². The van der Waals surface area contributed by atoms with Crippen LogP contribution in [0, 0.1) is 11.6 Å². The minimum absolute atomic E-state index is 0.0632. The topological polar surface area (TPSA) is 40.7 Å². The summed E-state index contributed by atoms with van der Waals surface area (Å²) in [5.74, 6) is -0.514. The van der Waals surface area contributed by atoms with Crippen molar-refractivity contribution >= 4 is 0 Å². The van der Waals surface area contributed by atoms with Crippen molar-refractivity contribution in [1.29, 1.82) is 0 Å². The van der Waals surface area contributed by atoms with Gasteiger partial charge < -0.3 is 10.3 Å². The summed E-state index contributed by atoms with van der Waals surface area (Å²) >= 11 is 0. The van der Waals surface area contributed by atoms with Gasteiger partial charge in [-0.2, -0.15) is 0 Å². The van der Waals surface area contributed by atoms with Gasteiger partial charge in [0.05, 0.1) is 24.0 Å². The maximum atomic E-state index is 13.5. The summed E-state index contributed by atoms with van der Waals surface area (Å²) in [5.41, 5.74) is 0.297. The van der Waals surface area contributed by atoms with Gasteiger partial charge in [0.2, 0.25) is 0 Å². The summed E-state index contributed by atoms with van der Waals surface area (Å²) in [6.07, 6.45) is 2.47. The zero-order chi connectivity index (χ0) is 13.0. The molecule has 18 heavy (non-hydrogen) atoms. The summed E-state index contributed by atoms with van der Waals surface area (Å²) in [7, 11) is 0. The lowest BCUT2D eigenvalue weighted by atomic mass is 10.1. The molecule has 0 aliphatic rings. The molecule has 0 atom stereocenters. The molecule has 0 radical (unpaired) electrons. The van der Waals surface area contributed by atoms with Gasteiger partial charge in [0.15, 0.2) is 0 Å². The van der Waals surface area contributed by atoms with Crippen molar-refractivity contribution in [2.75, 3.05) is 6.54 Å². The molecule has 96 valence electrons. The van der Waals surface area contributed by atoms with E-state index in [9.17, 15) is 8.78 Å². The first kappa shape index (κ1) is 12.7. The standard InChI is InChI=1S/C13H15F2N3/c1-2-6-16-8-12-17-7-11(18-12)13-9(14)4-3-5-10(13)15/h3-5,7,16H,2,6,8H2,1H3,(H,17,18). The summed E-state index contributed by atoms with van der Waals surface area (Å²) in [6.45, 7) is 3.50. The Labute approximate surface area is 104 Å². The molecule has 0 saturated heterocycles. The van der Waals surface area contributed by atoms with E-state index in [0.717, 1.165) is 13.0 Å². The van der Waals surface area contributed by atoms with E-state index in [1.807, 2.05) is 0 Å². The number of hydrogen-bond donors (Lipinski definition) is 2. The highest BCUT2D eigenvalue weighted by atomic mass is 19.1. The molecular weight excluding hydrogens is 236 g/mol. The maximum absolute atomic E-state index is 13.5. The molecule has 1 aromatic carbocycles. The third-order valence-corrected chi connectivity index (χ3v) is 2.58. The highest BCUT2D eigenvalue weighted by molar-refractivity contribution is 5.60. The van der Waals surface area contributed by atoms with Crippen LogP contribution in [0.3, 0.4) is 0 Å². The minimum Gasteiger partial charge on any atom is -0.341 e. The highest BCUT2D eigenvalue weighted by Crippen LogP contribution is 2.23. The van der Waals surface area contributed by atoms with E-state index in [2.05, 4.69) is 22.2 Å². The van der Waals surface area contributed by atoms with Gasteiger partial charge in [-0.1, -0.05) is 13.0 Å². The minimum atomic E-state index is -0.591. The van der Waals surface area contributed by atoms with Crippen molar-refractivity contribution in [3.8, 4) is 11.3 Å². The first-order valence-electron chi connectivity index (χ1n) is 5.91. The molecule has 3 nitrogen and oxygen atoms in total. The molecule has 1 heterocycles. The molecule has 0 spiro atoms. The predicted molar refractivity (Wildman–Crippen MR) is 65.9 cm³/mol. The fourth-order valence-electron chi connectivity index (χ4n) is 1.72. The molecule has 0 amide bonds. The van der Waals surface area contributed by atoms with Gasteiger partial charge in [0, 0.05) is 0 Å². The molecule has 2 N–H and O–H groups in total. The Kier molecular flexibility index (Phi) is 4.04. The van der Waals surface area contributed by atoms with E-state index < -0.39 is 11.6 Å². The molecule has 0 fully saturated rings. The second kappa shape index (κ2) is 5.73. The molecule has 0 aliphatic carbocycles. The number of nitrogens with zero attached hydrogens (tertiary/aromatic N) is 1. The second-order valence-electron chi connectivity index (χ2n) is 4.02. The average molecular weight is 251 g/mol. The van der Waals surface area contributed by atoms with E-state index in [4.69, 9.17) is 0 Å². The quantitative estimate of drug-likeness (QED) is 0.802. The number of aromatic amines is 1. The Bertz CT molecular complexity index is 502. The van der Waals surface area contributed by atoms with E-state index >= 15 is 0 Å². The molecule has 2 aromatic rings. The van der Waals surface area contributed by atoms with Gasteiger partial charge in [-0.25, -0.2) is 13.8 Å². The summed E-state index contributed by atoms with van der Waals surface area (Å²) in [5, 5.41) is 3.16. The fraction of sp³-hybridized carbons (Fsp3) is 0.308. The molecule has 1 aromatic heterocycles. The summed E-state index contributed by atoms with van der Waals surface area (Å²) in [6, 6.07) is 3.80. The third kappa shape index (κ3) is 2.73. The number of hydrogen-bond acceptors (Lipinski definition) is 2. The molecule has 0 saturated carbocycles. The Morgan fingerprint density at radius 3 is 2.67 bits per heavy atom. The van der Waals surface area contributed by atoms with Gasteiger partial charge in [-0.3, -0.25) is 0 Å². The molecule has 0 bridgehead atoms. The van der Waals surface area contributed by atoms with Crippen molar-refractivity contribution in [3.05, 3.63) is 41.9 Å². The van der Waals surface area contributed by atoms with Gasteiger partial charge in [0.25, 0.3) is 0 Å². The lowest BCUT2D eigenvalue weighted by molar-refractivity contribution is 0.588. The SMILES string of the molecule is CCCNCc1ncc(-c2c(F)cccc2F)[nH]1. The van der Waals surface area contributed by atoms with Gasteiger partial charge in [-0.15, -0.1) is 0 Å². The number of H-pyrrole nitrogens is 1. The zero-order valence-corrected chi connectivity index (χ0v) is 10.1. The van der Waals surface area contributed by atoms with Crippen molar-refractivity contribution < 1.29 is 8.78 Å². The van der Waals surface area contributed by atoms with Crippen LogP contribution in [0.2, 0.25) is 0 Å². The smallest absolute Gasteiger partial charge is 0.135 e. The van der Waals surface area contributed by atoms with Crippen molar-refractivity contribution in [1.82, 2.24) is 15.3 Å². The summed E-state index contributed by atoms with van der Waals surface area (Å²) in [4.78, 5) is 7.01. The van der Waals surface area contributed by atoms with Gasteiger partial charge in [-0.05, 0) is 25.1 Å². The normalized spacial score (nSPS) is 10.8. The fourth-order valence-corrected chi connectivity index (χ4v) is 1.72. The Morgan fingerprint density at radius 1 is 1.28 bits per heavy atom. The van der Waals surface area contributed by atoms with Crippen LogP contribution in [-0.4, -0.2) is 16.5 Å². The lowest BCUT2D eigenvalue weighted by Crippen LogP contribution is -2.14. The largest absolute Gasteiger partial charge is 0.341 e. The zero-order valence-electron chi connectivity index (χ0n) is 10.1. The first-order chi connectivity index (χ1) is 8.72. The van der Waals surface area contributed by atoms with Crippen LogP contribution in [0.15, 0.2) is 24.4 Å². The van der Waals surface area contributed by atoms with Crippen LogP contribution >= 0.6 is 0 Å². The third-order valence-electron chi connectivity index (χ3n) is 2.58. The van der Waals surface area contributed by atoms with Crippen molar-refractivity contribution in [2.24, 2.45) is 0 Å². The molecule has 2 rings (SSSR count). The van der Waals surface area contributed by atoms with E-state index in [-0.39, 0.29) is 5.56 Å². The first-order valence-corrected chi connectivity index (χ1v) is 5.91. The number of halogens is 2. The monoisotopic (exact) mass is 251 g/mol. The van der Waals surface area contributed by atoms with E-state index in [0.29, 0.717) is 18.1 Å². The Hall–Kier alpha value is -1.75. The Balaban J connectivity index is 2.19. The molecular formula is C13H15F2N3. The molecule has 5 heteroatoms. The van der Waals surface area contributed by atoms with Crippen LogP contribution < -0.4 is 5.32 Å². The van der Waals surface area contributed by atoms with Crippen molar-refractivity contribution in [3.63, 3.8) is 0 Å². The summed E-state index contributed by atoms with van der Waals surface area (Å²) < 4.78 is 27.1. The number of benzene rings is 1. The van der Waals surface area contributed by atoms with Crippen LogP contribution in [0.4, 0.5) is 8.78 Å². The number of rotatable bonds is 5. The highest BCUT2D eigenvalue weighted by Gasteiger charge is 2.13. The van der Waals surface area contributed by atoms with Gasteiger partial charge in [0.1, 0.15) is 17.5 Å². The number of imidazole rings is 1. The van der Waals surface area contributed by atoms with E-state index in [1.54, 1.807) is 0 Å². The molecule has 0 unspecified atom stereocenters. The Morgan fingerprint density at radius 2 is 2.00 bits per heavy atom. The second-order valence-corrected chi connectivity index (χ2v) is 4.02. The lowest BCUT2D eigenvalue weighted by Gasteiger charge is -2.02. The number of nitrogens with one attached hydrogen (secondary N) is 2. The van der Waals surface area contributed by atoms with Crippen LogP contribution in [-0.2, 0) is 6.54 Å². The predicted octanol–water partition coefficient (Wildman–Crippen LogP) is 2.85. The number of aromatic nitrogens is 2. The average Bonchev–Trinajstić information content (AvgIpc) is 2.78. The van der Waals surface area contributed by atoms with Crippen LogP contribution in [0.25, 0.3) is 11.3 Å².